The summed E-state index contributed by atoms with van der Waals surface area (Å²) in [6, 6.07) is 6.35. The first kappa shape index (κ1) is 18.5. The fourth-order valence-electron chi connectivity index (χ4n) is 1.87. The van der Waals surface area contributed by atoms with E-state index in [2.05, 4.69) is 44.0 Å². The third kappa shape index (κ3) is 4.80. The second-order valence-corrected chi connectivity index (χ2v) is 5.69. The molecule has 1 aromatic carbocycles. The maximum absolute atomic E-state index is 10.9. The van der Waals surface area contributed by atoms with E-state index in [0.29, 0.717) is 17.1 Å². The van der Waals surface area contributed by atoms with Crippen molar-refractivity contribution >= 4 is 40.3 Å². The van der Waals surface area contributed by atoms with E-state index in [1.165, 1.54) is 31.7 Å². The number of pyridine rings is 1. The lowest BCUT2D eigenvalue weighted by atomic mass is 10.2. The number of methoxy groups -OCH3 is 1. The summed E-state index contributed by atoms with van der Waals surface area (Å²) in [4.78, 5) is 14.3. The highest BCUT2D eigenvalue weighted by Crippen LogP contribution is 2.33. The van der Waals surface area contributed by atoms with Gasteiger partial charge in [0.05, 0.1) is 21.8 Å². The number of aromatic nitrogens is 1. The van der Waals surface area contributed by atoms with Crippen molar-refractivity contribution in [3.63, 3.8) is 0 Å². The zero-order valence-electron chi connectivity index (χ0n) is 13.1. The third-order valence-corrected chi connectivity index (χ3v) is 3.72. The monoisotopic (exact) mass is 452 g/mol. The topological polar surface area (TPSA) is 98.9 Å². The Balaban J connectivity index is 2.21. The van der Waals surface area contributed by atoms with E-state index >= 15 is 0 Å². The Morgan fingerprint density at radius 3 is 3.04 bits per heavy atom. The molecule has 0 aliphatic heterocycles. The Morgan fingerprint density at radius 2 is 2.36 bits per heavy atom. The maximum atomic E-state index is 10.9. The molecule has 8 nitrogen and oxygen atoms in total. The van der Waals surface area contributed by atoms with E-state index < -0.39 is 4.92 Å². The Hall–Kier alpha value is -2.87. The van der Waals surface area contributed by atoms with Gasteiger partial charge in [-0.05, 0) is 46.4 Å². The minimum Gasteiger partial charge on any atom is -0.493 e. The number of halogens is 1. The van der Waals surface area contributed by atoms with Gasteiger partial charge in [-0.3, -0.25) is 15.5 Å². The van der Waals surface area contributed by atoms with E-state index in [1.807, 2.05) is 6.07 Å². The second kappa shape index (κ2) is 8.84. The molecule has 2 rings (SSSR count). The largest absolute Gasteiger partial charge is 0.493 e. The van der Waals surface area contributed by atoms with Crippen LogP contribution in [0.1, 0.15) is 5.56 Å². The van der Waals surface area contributed by atoms with Crippen LogP contribution in [0.25, 0.3) is 0 Å². The number of hydrogen-bond acceptors (Lipinski definition) is 7. The minimum absolute atomic E-state index is 0.0550. The van der Waals surface area contributed by atoms with Crippen LogP contribution in [0.2, 0.25) is 0 Å². The van der Waals surface area contributed by atoms with Gasteiger partial charge in [0.15, 0.2) is 11.5 Å². The van der Waals surface area contributed by atoms with Gasteiger partial charge in [-0.2, -0.15) is 5.10 Å². The number of ether oxygens (including phenoxy) is 2. The van der Waals surface area contributed by atoms with Crippen molar-refractivity contribution in [3.05, 3.63) is 49.7 Å². The van der Waals surface area contributed by atoms with Crippen molar-refractivity contribution in [2.75, 3.05) is 19.1 Å². The molecule has 0 saturated heterocycles. The summed E-state index contributed by atoms with van der Waals surface area (Å²) in [5.74, 6) is 3.51. The van der Waals surface area contributed by atoms with Crippen molar-refractivity contribution in [2.45, 2.75) is 0 Å². The smallest absolute Gasteiger partial charge is 0.313 e. The van der Waals surface area contributed by atoms with Gasteiger partial charge in [0.25, 0.3) is 0 Å². The molecule has 25 heavy (non-hydrogen) atoms. The van der Waals surface area contributed by atoms with Crippen molar-refractivity contribution in [3.8, 4) is 23.8 Å². The molecule has 0 atom stereocenters. The molecular formula is C16H13IN4O4. The van der Waals surface area contributed by atoms with Gasteiger partial charge in [0, 0.05) is 12.3 Å². The molecular weight excluding hydrogens is 439 g/mol. The van der Waals surface area contributed by atoms with Crippen molar-refractivity contribution in [2.24, 2.45) is 5.10 Å². The number of nitrogens with zero attached hydrogens (tertiary/aromatic N) is 3. The molecule has 0 unspecified atom stereocenters. The molecule has 0 aliphatic rings. The summed E-state index contributed by atoms with van der Waals surface area (Å²) in [7, 11) is 1.52. The van der Waals surface area contributed by atoms with Gasteiger partial charge in [0.2, 0.25) is 5.82 Å². The van der Waals surface area contributed by atoms with E-state index in [0.717, 1.165) is 3.57 Å². The molecule has 0 amide bonds. The predicted molar refractivity (Wildman–Crippen MR) is 102 cm³/mol. The molecule has 0 saturated carbocycles. The van der Waals surface area contributed by atoms with Crippen molar-refractivity contribution in [1.29, 1.82) is 0 Å². The van der Waals surface area contributed by atoms with Crippen LogP contribution in [0.4, 0.5) is 11.5 Å². The number of benzene rings is 1. The number of nitro groups is 1. The Morgan fingerprint density at radius 1 is 1.56 bits per heavy atom. The number of anilines is 1. The predicted octanol–water partition coefficient (Wildman–Crippen LogP) is 3.06. The fourth-order valence-corrected chi connectivity index (χ4v) is 2.65. The fraction of sp³-hybridized carbons (Fsp3) is 0.125. The SMILES string of the molecule is C#CCOc1c(I)cc(/C=N\Nc2ncccc2[N+](=O)[O-])cc1OC. The Bertz CT molecular complexity index is 849. The van der Waals surface area contributed by atoms with Gasteiger partial charge >= 0.3 is 5.69 Å². The first-order valence-corrected chi connectivity index (χ1v) is 7.97. The Kier molecular flexibility index (Phi) is 6.53. The van der Waals surface area contributed by atoms with Crippen molar-refractivity contribution in [1.82, 2.24) is 4.98 Å². The highest BCUT2D eigenvalue weighted by atomic mass is 127. The molecule has 1 N–H and O–H groups in total. The number of hydrazone groups is 1. The summed E-state index contributed by atoms with van der Waals surface area (Å²) >= 11 is 2.09. The molecule has 0 spiro atoms. The number of hydrogen-bond donors (Lipinski definition) is 1. The van der Waals surface area contributed by atoms with Gasteiger partial charge in [-0.25, -0.2) is 4.98 Å². The summed E-state index contributed by atoms with van der Waals surface area (Å²) in [6.07, 6.45) is 8.13. The molecule has 128 valence electrons. The van der Waals surface area contributed by atoms with Gasteiger partial charge in [-0.1, -0.05) is 5.92 Å². The zero-order valence-corrected chi connectivity index (χ0v) is 15.3. The van der Waals surface area contributed by atoms with Crippen LogP contribution in [0.3, 0.4) is 0 Å². The summed E-state index contributed by atoms with van der Waals surface area (Å²) in [5.41, 5.74) is 3.11. The van der Waals surface area contributed by atoms with Crippen LogP contribution >= 0.6 is 22.6 Å². The van der Waals surface area contributed by atoms with Crippen LogP contribution in [0, 0.1) is 26.0 Å². The minimum atomic E-state index is -0.533. The third-order valence-electron chi connectivity index (χ3n) is 2.92. The highest BCUT2D eigenvalue weighted by Gasteiger charge is 2.13. The summed E-state index contributed by atoms with van der Waals surface area (Å²) < 4.78 is 11.6. The lowest BCUT2D eigenvalue weighted by Gasteiger charge is -2.11. The lowest BCUT2D eigenvalue weighted by Crippen LogP contribution is -2.01. The van der Waals surface area contributed by atoms with E-state index in [9.17, 15) is 10.1 Å². The lowest BCUT2D eigenvalue weighted by molar-refractivity contribution is -0.384. The average Bonchev–Trinajstić information content (AvgIpc) is 2.60. The molecule has 9 heteroatoms. The number of rotatable bonds is 7. The van der Waals surface area contributed by atoms with Crippen LogP contribution in [0.15, 0.2) is 35.6 Å². The summed E-state index contributed by atoms with van der Waals surface area (Å²) in [5, 5.41) is 14.9. The first-order valence-electron chi connectivity index (χ1n) is 6.89. The molecule has 0 fully saturated rings. The second-order valence-electron chi connectivity index (χ2n) is 4.53. The Labute approximate surface area is 157 Å². The average molecular weight is 452 g/mol. The molecule has 0 bridgehead atoms. The van der Waals surface area contributed by atoms with E-state index in [-0.39, 0.29) is 18.1 Å². The molecule has 1 aromatic heterocycles. The first-order chi connectivity index (χ1) is 12.1. The van der Waals surface area contributed by atoms with E-state index in [4.69, 9.17) is 15.9 Å². The maximum Gasteiger partial charge on any atom is 0.313 e. The quantitative estimate of drug-likeness (QED) is 0.228. The molecule has 2 aromatic rings. The normalized spacial score (nSPS) is 10.3. The van der Waals surface area contributed by atoms with Crippen LogP contribution in [-0.4, -0.2) is 29.8 Å². The highest BCUT2D eigenvalue weighted by molar-refractivity contribution is 14.1. The molecule has 0 aliphatic carbocycles. The number of nitrogens with one attached hydrogen (secondary N) is 1. The molecule has 1 heterocycles. The van der Waals surface area contributed by atoms with Crippen LogP contribution in [-0.2, 0) is 0 Å². The zero-order chi connectivity index (χ0) is 18.2. The number of terminal acetylenes is 1. The van der Waals surface area contributed by atoms with Gasteiger partial charge in [0.1, 0.15) is 6.61 Å². The standard InChI is InChI=1S/C16H13IN4O4/c1-3-7-25-15-12(17)8-11(9-14(15)24-2)10-19-20-16-13(21(22)23)5-4-6-18-16/h1,4-6,8-10H,7H2,2H3,(H,18,20)/b19-10-. The van der Waals surface area contributed by atoms with Gasteiger partial charge < -0.3 is 9.47 Å². The summed E-state index contributed by atoms with van der Waals surface area (Å²) in [6.45, 7) is 0.130. The molecule has 0 radical (unpaired) electrons. The van der Waals surface area contributed by atoms with Gasteiger partial charge in [-0.15, -0.1) is 6.42 Å². The van der Waals surface area contributed by atoms with Crippen molar-refractivity contribution < 1.29 is 14.4 Å². The van der Waals surface area contributed by atoms with Crippen LogP contribution < -0.4 is 14.9 Å². The van der Waals surface area contributed by atoms with E-state index in [1.54, 1.807) is 6.07 Å². The van der Waals surface area contributed by atoms with Crippen LogP contribution in [0.5, 0.6) is 11.5 Å².